The van der Waals surface area contributed by atoms with E-state index in [1.807, 2.05) is 11.0 Å². The molecule has 1 fully saturated rings. The van der Waals surface area contributed by atoms with Crippen LogP contribution in [0.5, 0.6) is 0 Å². The maximum absolute atomic E-state index is 12.3. The van der Waals surface area contributed by atoms with E-state index in [0.717, 1.165) is 50.4 Å². The molecule has 2 rings (SSSR count). The van der Waals surface area contributed by atoms with Gasteiger partial charge in [-0.3, -0.25) is 14.5 Å². The molecule has 1 N–H and O–H groups in total. The first-order chi connectivity index (χ1) is 12.1. The molecule has 0 bridgehead atoms. The number of rotatable bonds is 8. The second kappa shape index (κ2) is 10.2. The first-order valence-corrected chi connectivity index (χ1v) is 9.67. The van der Waals surface area contributed by atoms with Crippen molar-refractivity contribution in [2.45, 2.75) is 39.0 Å². The van der Waals surface area contributed by atoms with Gasteiger partial charge in [0, 0.05) is 52.0 Å². The third-order valence-corrected chi connectivity index (χ3v) is 4.97. The topological polar surface area (TPSA) is 78.4 Å². The van der Waals surface area contributed by atoms with Crippen LogP contribution in [0.4, 0.5) is 5.13 Å². The van der Waals surface area contributed by atoms with Gasteiger partial charge < -0.3 is 10.2 Å². The molecule has 0 spiro atoms. The molecule has 0 unspecified atom stereocenters. The zero-order chi connectivity index (χ0) is 18.1. The lowest BCUT2D eigenvalue weighted by atomic mass is 10.2. The Balaban J connectivity index is 1.73. The molecule has 2 amide bonds. The van der Waals surface area contributed by atoms with E-state index in [1.165, 1.54) is 11.3 Å². The van der Waals surface area contributed by atoms with Crippen LogP contribution in [-0.4, -0.2) is 64.5 Å². The van der Waals surface area contributed by atoms with Gasteiger partial charge in [0.1, 0.15) is 5.01 Å². The summed E-state index contributed by atoms with van der Waals surface area (Å²) in [5, 5.41) is 12.1. The van der Waals surface area contributed by atoms with Gasteiger partial charge in [0.2, 0.25) is 16.9 Å². The van der Waals surface area contributed by atoms with Crippen molar-refractivity contribution in [3.63, 3.8) is 0 Å². The fraction of sp³-hybridized carbons (Fsp3) is 0.647. The fourth-order valence-electron chi connectivity index (χ4n) is 2.76. The number of carbonyl (C=O) groups is 2. The van der Waals surface area contributed by atoms with Crippen LogP contribution < -0.4 is 5.32 Å². The Kier molecular flexibility index (Phi) is 8.00. The number of carbonyl (C=O) groups excluding carboxylic acids is 2. The summed E-state index contributed by atoms with van der Waals surface area (Å²) in [5.74, 6) is -0.143. The maximum atomic E-state index is 12.3. The smallest absolute Gasteiger partial charge is 0.226 e. The van der Waals surface area contributed by atoms with Gasteiger partial charge in [0.25, 0.3) is 0 Å². The summed E-state index contributed by atoms with van der Waals surface area (Å²) in [7, 11) is 0. The van der Waals surface area contributed by atoms with Crippen molar-refractivity contribution in [3.05, 3.63) is 17.7 Å². The van der Waals surface area contributed by atoms with Gasteiger partial charge >= 0.3 is 0 Å². The minimum Gasteiger partial charge on any atom is -0.341 e. The van der Waals surface area contributed by atoms with Crippen molar-refractivity contribution in [1.82, 2.24) is 20.0 Å². The minimum absolute atomic E-state index is 0.0412. The first kappa shape index (κ1) is 19.5. The van der Waals surface area contributed by atoms with Crippen molar-refractivity contribution >= 4 is 28.3 Å². The van der Waals surface area contributed by atoms with E-state index in [1.54, 1.807) is 0 Å². The maximum Gasteiger partial charge on any atom is 0.226 e. The molecule has 1 aromatic rings. The molecule has 0 saturated carbocycles. The van der Waals surface area contributed by atoms with Crippen LogP contribution in [0, 0.1) is 0 Å². The van der Waals surface area contributed by atoms with Crippen LogP contribution in [0.3, 0.4) is 0 Å². The Morgan fingerprint density at radius 1 is 1.24 bits per heavy atom. The van der Waals surface area contributed by atoms with E-state index in [-0.39, 0.29) is 24.7 Å². The van der Waals surface area contributed by atoms with E-state index < -0.39 is 0 Å². The second-order valence-corrected chi connectivity index (χ2v) is 7.18. The van der Waals surface area contributed by atoms with Gasteiger partial charge in [0.05, 0.1) is 0 Å². The Labute approximate surface area is 153 Å². The number of hydrogen-bond acceptors (Lipinski definition) is 6. The predicted molar refractivity (Wildman–Crippen MR) is 99.6 cm³/mol. The van der Waals surface area contributed by atoms with E-state index in [2.05, 4.69) is 33.9 Å². The van der Waals surface area contributed by atoms with Gasteiger partial charge in [-0.1, -0.05) is 24.3 Å². The molecule has 0 aromatic carbocycles. The summed E-state index contributed by atoms with van der Waals surface area (Å²) in [4.78, 5) is 28.5. The molecule has 0 atom stereocenters. The van der Waals surface area contributed by atoms with Crippen molar-refractivity contribution < 1.29 is 9.59 Å². The quantitative estimate of drug-likeness (QED) is 0.712. The highest BCUT2D eigenvalue weighted by Crippen LogP contribution is 2.17. The van der Waals surface area contributed by atoms with E-state index >= 15 is 0 Å². The highest BCUT2D eigenvalue weighted by atomic mass is 32.1. The third kappa shape index (κ3) is 6.55. The number of aryl methyl sites for hydroxylation is 1. The number of amides is 2. The van der Waals surface area contributed by atoms with Crippen LogP contribution in [0.15, 0.2) is 12.7 Å². The molecule has 1 aliphatic heterocycles. The molecule has 2 heterocycles. The lowest BCUT2D eigenvalue weighted by molar-refractivity contribution is -0.132. The summed E-state index contributed by atoms with van der Waals surface area (Å²) in [6, 6.07) is 0. The Morgan fingerprint density at radius 2 is 2.08 bits per heavy atom. The van der Waals surface area contributed by atoms with Gasteiger partial charge in [-0.2, -0.15) is 0 Å². The lowest BCUT2D eigenvalue weighted by Crippen LogP contribution is -2.35. The van der Waals surface area contributed by atoms with Crippen LogP contribution in [0.1, 0.15) is 37.6 Å². The molecular weight excluding hydrogens is 338 g/mol. The number of nitrogens with one attached hydrogen (secondary N) is 1. The molecule has 1 aromatic heterocycles. The summed E-state index contributed by atoms with van der Waals surface area (Å²) in [6.45, 7) is 9.99. The molecule has 7 nitrogen and oxygen atoms in total. The molecule has 0 radical (unpaired) electrons. The summed E-state index contributed by atoms with van der Waals surface area (Å²) in [5.41, 5.74) is 0. The monoisotopic (exact) mass is 365 g/mol. The van der Waals surface area contributed by atoms with Gasteiger partial charge in [-0.05, 0) is 12.8 Å². The largest absolute Gasteiger partial charge is 0.341 e. The average Bonchev–Trinajstić information content (AvgIpc) is 2.89. The Bertz CT molecular complexity index is 589. The average molecular weight is 366 g/mol. The standard InChI is InChI=1S/C17H27N5O2S/c1-3-6-15-19-20-17(25-15)18-14(23)7-8-16(24)22-11-5-10-21(9-4-2)12-13-22/h4H,2-3,5-13H2,1H3,(H,18,20,23). The molecule has 138 valence electrons. The SMILES string of the molecule is C=CCN1CCCN(C(=O)CCC(=O)Nc2nnc(CCC)s2)CC1. The van der Waals surface area contributed by atoms with E-state index in [0.29, 0.717) is 11.7 Å². The molecule has 1 saturated heterocycles. The van der Waals surface area contributed by atoms with Crippen LogP contribution in [0.2, 0.25) is 0 Å². The second-order valence-electron chi connectivity index (χ2n) is 6.12. The zero-order valence-corrected chi connectivity index (χ0v) is 15.7. The van der Waals surface area contributed by atoms with Crippen molar-refractivity contribution in [3.8, 4) is 0 Å². The van der Waals surface area contributed by atoms with Gasteiger partial charge in [0.15, 0.2) is 0 Å². The van der Waals surface area contributed by atoms with Gasteiger partial charge in [-0.25, -0.2) is 0 Å². The Morgan fingerprint density at radius 3 is 2.84 bits per heavy atom. The van der Waals surface area contributed by atoms with Crippen molar-refractivity contribution in [2.75, 3.05) is 38.0 Å². The number of nitrogens with zero attached hydrogens (tertiary/aromatic N) is 4. The number of anilines is 1. The van der Waals surface area contributed by atoms with E-state index in [4.69, 9.17) is 0 Å². The molecule has 0 aliphatic carbocycles. The highest BCUT2D eigenvalue weighted by Gasteiger charge is 2.19. The molecule has 1 aliphatic rings. The fourth-order valence-corrected chi connectivity index (χ4v) is 3.62. The highest BCUT2D eigenvalue weighted by molar-refractivity contribution is 7.15. The molecule has 25 heavy (non-hydrogen) atoms. The van der Waals surface area contributed by atoms with Crippen LogP contribution in [0.25, 0.3) is 0 Å². The third-order valence-electron chi connectivity index (χ3n) is 4.07. The summed E-state index contributed by atoms with van der Waals surface area (Å²) < 4.78 is 0. The molecule has 8 heteroatoms. The summed E-state index contributed by atoms with van der Waals surface area (Å²) >= 11 is 1.39. The Hall–Kier alpha value is -1.80. The summed E-state index contributed by atoms with van der Waals surface area (Å²) in [6.07, 6.45) is 5.11. The predicted octanol–water partition coefficient (Wildman–Crippen LogP) is 1.93. The van der Waals surface area contributed by atoms with Crippen molar-refractivity contribution in [2.24, 2.45) is 0 Å². The molecular formula is C17H27N5O2S. The first-order valence-electron chi connectivity index (χ1n) is 8.85. The normalized spacial score (nSPS) is 15.6. The zero-order valence-electron chi connectivity index (χ0n) is 14.9. The lowest BCUT2D eigenvalue weighted by Gasteiger charge is -2.21. The number of aromatic nitrogens is 2. The minimum atomic E-state index is -0.185. The van der Waals surface area contributed by atoms with Gasteiger partial charge in [-0.15, -0.1) is 16.8 Å². The number of hydrogen-bond donors (Lipinski definition) is 1. The van der Waals surface area contributed by atoms with E-state index in [9.17, 15) is 9.59 Å². The van der Waals surface area contributed by atoms with Crippen LogP contribution in [-0.2, 0) is 16.0 Å². The van der Waals surface area contributed by atoms with Crippen LogP contribution >= 0.6 is 11.3 Å². The van der Waals surface area contributed by atoms with Crippen molar-refractivity contribution in [1.29, 1.82) is 0 Å².